The molecule has 0 unspecified atom stereocenters. The monoisotopic (exact) mass is 202 g/mol. The van der Waals surface area contributed by atoms with Crippen LogP contribution in [0, 0.1) is 0 Å². The smallest absolute Gasteiger partial charge is 0.328 e. The van der Waals surface area contributed by atoms with Crippen LogP contribution in [0.25, 0.3) is 0 Å². The van der Waals surface area contributed by atoms with Crippen LogP contribution in [0.2, 0.25) is 0 Å². The minimum Gasteiger partial charge on any atom is -0.481 e. The fraction of sp³-hybridized carbons (Fsp3) is 0.625. The largest absolute Gasteiger partial charge is 0.481 e. The molecule has 0 aromatic heterocycles. The van der Waals surface area contributed by atoms with Crippen molar-refractivity contribution in [2.75, 3.05) is 14.1 Å². The third kappa shape index (κ3) is 5.99. The Balaban J connectivity index is 4.16. The maximum Gasteiger partial charge on any atom is 0.328 e. The number of rotatable bonds is 6. The van der Waals surface area contributed by atoms with Crippen LogP contribution in [0.15, 0.2) is 4.99 Å². The quantitative estimate of drug-likeness (QED) is 0.463. The lowest BCUT2D eigenvalue weighted by molar-refractivity contribution is -0.139. The maximum absolute atomic E-state index is 10.6. The summed E-state index contributed by atoms with van der Waals surface area (Å²) in [5.74, 6) is -2.12. The van der Waals surface area contributed by atoms with Crippen molar-refractivity contribution in [2.24, 2.45) is 4.99 Å². The SMILES string of the molecule is CN(C)C=N[C@@H](CCC(=O)O)C(=O)O. The maximum atomic E-state index is 10.6. The highest BCUT2D eigenvalue weighted by atomic mass is 16.4. The first-order valence-electron chi connectivity index (χ1n) is 4.07. The van der Waals surface area contributed by atoms with Crippen molar-refractivity contribution in [3.05, 3.63) is 0 Å². The van der Waals surface area contributed by atoms with E-state index in [9.17, 15) is 9.59 Å². The molecule has 0 aromatic rings. The van der Waals surface area contributed by atoms with Crippen molar-refractivity contribution in [1.29, 1.82) is 0 Å². The van der Waals surface area contributed by atoms with E-state index < -0.39 is 18.0 Å². The Morgan fingerprint density at radius 1 is 1.43 bits per heavy atom. The third-order valence-corrected chi connectivity index (χ3v) is 1.39. The molecule has 0 fully saturated rings. The molecule has 0 aliphatic heterocycles. The van der Waals surface area contributed by atoms with Gasteiger partial charge in [0.2, 0.25) is 0 Å². The minimum absolute atomic E-state index is 0.00894. The summed E-state index contributed by atoms with van der Waals surface area (Å²) in [5.41, 5.74) is 0. The fourth-order valence-corrected chi connectivity index (χ4v) is 0.736. The second-order valence-electron chi connectivity index (χ2n) is 3.01. The van der Waals surface area contributed by atoms with Crippen LogP contribution >= 0.6 is 0 Å². The predicted molar refractivity (Wildman–Crippen MR) is 50.5 cm³/mol. The van der Waals surface area contributed by atoms with Gasteiger partial charge in [-0.05, 0) is 6.42 Å². The van der Waals surface area contributed by atoms with E-state index in [0.717, 1.165) is 0 Å². The first-order valence-corrected chi connectivity index (χ1v) is 4.07. The Bertz CT molecular complexity index is 237. The van der Waals surface area contributed by atoms with Gasteiger partial charge < -0.3 is 15.1 Å². The van der Waals surface area contributed by atoms with E-state index >= 15 is 0 Å². The molecular formula is C8H14N2O4. The zero-order valence-corrected chi connectivity index (χ0v) is 8.17. The first kappa shape index (κ1) is 12.4. The van der Waals surface area contributed by atoms with Crippen molar-refractivity contribution in [1.82, 2.24) is 4.90 Å². The summed E-state index contributed by atoms with van der Waals surface area (Å²) in [5, 5.41) is 17.0. The number of hydrogen-bond acceptors (Lipinski definition) is 3. The molecule has 0 rings (SSSR count). The molecule has 0 aliphatic rings. The minimum atomic E-state index is -1.11. The average Bonchev–Trinajstić information content (AvgIpc) is 2.02. The summed E-state index contributed by atoms with van der Waals surface area (Å²) in [4.78, 5) is 26.1. The number of carboxylic acids is 2. The normalized spacial score (nSPS) is 12.7. The Hall–Kier alpha value is -1.59. The molecule has 0 amide bonds. The van der Waals surface area contributed by atoms with Crippen LogP contribution in [0.3, 0.4) is 0 Å². The molecule has 14 heavy (non-hydrogen) atoms. The molecule has 2 N–H and O–H groups in total. The lowest BCUT2D eigenvalue weighted by atomic mass is 10.2. The molecule has 80 valence electrons. The summed E-state index contributed by atoms with van der Waals surface area (Å²) in [6.07, 6.45) is 1.18. The van der Waals surface area contributed by atoms with Crippen molar-refractivity contribution in [3.8, 4) is 0 Å². The van der Waals surface area contributed by atoms with Crippen molar-refractivity contribution in [3.63, 3.8) is 0 Å². The first-order chi connectivity index (χ1) is 6.43. The molecule has 0 bridgehead atoms. The summed E-state index contributed by atoms with van der Waals surface area (Å²) in [6, 6.07) is -0.978. The topological polar surface area (TPSA) is 90.2 Å². The molecule has 6 nitrogen and oxygen atoms in total. The second kappa shape index (κ2) is 5.95. The van der Waals surface area contributed by atoms with E-state index in [1.54, 1.807) is 19.0 Å². The van der Waals surface area contributed by atoms with Gasteiger partial charge in [0.05, 0.1) is 6.34 Å². The van der Waals surface area contributed by atoms with E-state index in [4.69, 9.17) is 10.2 Å². The second-order valence-corrected chi connectivity index (χ2v) is 3.01. The van der Waals surface area contributed by atoms with Crippen LogP contribution in [-0.2, 0) is 9.59 Å². The number of aliphatic imine (C=N–C) groups is 1. The Kier molecular flexibility index (Phi) is 5.28. The fourth-order valence-electron chi connectivity index (χ4n) is 0.736. The summed E-state index contributed by atoms with van der Waals surface area (Å²) in [7, 11) is 3.42. The lowest BCUT2D eigenvalue weighted by Crippen LogP contribution is -2.21. The van der Waals surface area contributed by atoms with Gasteiger partial charge in [-0.2, -0.15) is 0 Å². The highest BCUT2D eigenvalue weighted by Crippen LogP contribution is 2.02. The zero-order chi connectivity index (χ0) is 11.1. The van der Waals surface area contributed by atoms with Crippen molar-refractivity contribution in [2.45, 2.75) is 18.9 Å². The molecule has 0 saturated heterocycles. The van der Waals surface area contributed by atoms with Gasteiger partial charge in [0.15, 0.2) is 0 Å². The Morgan fingerprint density at radius 3 is 2.36 bits per heavy atom. The highest BCUT2D eigenvalue weighted by molar-refractivity contribution is 5.77. The molecular weight excluding hydrogens is 188 g/mol. The number of nitrogens with zero attached hydrogens (tertiary/aromatic N) is 2. The van der Waals surface area contributed by atoms with Gasteiger partial charge in [0.1, 0.15) is 6.04 Å². The van der Waals surface area contributed by atoms with E-state index in [0.29, 0.717) is 0 Å². The Labute approximate surface area is 81.9 Å². The standard InChI is InChI=1S/C8H14N2O4/c1-10(2)5-9-6(8(13)14)3-4-7(11)12/h5-6H,3-4H2,1-2H3,(H,11,12)(H,13,14)/t6-/m0/s1. The summed E-state index contributed by atoms with van der Waals surface area (Å²) in [6.45, 7) is 0. The summed E-state index contributed by atoms with van der Waals surface area (Å²) < 4.78 is 0. The van der Waals surface area contributed by atoms with Crippen LogP contribution in [0.5, 0.6) is 0 Å². The molecule has 0 saturated carbocycles. The van der Waals surface area contributed by atoms with Gasteiger partial charge in [-0.3, -0.25) is 9.79 Å². The van der Waals surface area contributed by atoms with E-state index in [1.165, 1.54) is 6.34 Å². The average molecular weight is 202 g/mol. The van der Waals surface area contributed by atoms with Crippen LogP contribution < -0.4 is 0 Å². The molecule has 0 spiro atoms. The van der Waals surface area contributed by atoms with E-state index in [1.807, 2.05) is 0 Å². The van der Waals surface area contributed by atoms with Gasteiger partial charge in [-0.1, -0.05) is 0 Å². The van der Waals surface area contributed by atoms with Gasteiger partial charge in [-0.25, -0.2) is 4.79 Å². The lowest BCUT2D eigenvalue weighted by Gasteiger charge is -2.07. The van der Waals surface area contributed by atoms with Gasteiger partial charge in [0.25, 0.3) is 0 Å². The highest BCUT2D eigenvalue weighted by Gasteiger charge is 2.16. The number of carbonyl (C=O) groups is 2. The van der Waals surface area contributed by atoms with Crippen LogP contribution in [-0.4, -0.2) is 53.5 Å². The van der Waals surface area contributed by atoms with Gasteiger partial charge in [-0.15, -0.1) is 0 Å². The zero-order valence-electron chi connectivity index (χ0n) is 8.17. The van der Waals surface area contributed by atoms with Crippen molar-refractivity contribution >= 4 is 18.3 Å². The number of hydrogen-bond donors (Lipinski definition) is 2. The summed E-state index contributed by atoms with van der Waals surface area (Å²) >= 11 is 0. The van der Waals surface area contributed by atoms with E-state index in [-0.39, 0.29) is 12.8 Å². The van der Waals surface area contributed by atoms with Gasteiger partial charge >= 0.3 is 11.9 Å². The molecule has 0 aromatic carbocycles. The van der Waals surface area contributed by atoms with Gasteiger partial charge in [0, 0.05) is 20.5 Å². The molecule has 0 aliphatic carbocycles. The number of carboxylic acid groups (broad SMARTS) is 2. The number of aliphatic carboxylic acids is 2. The predicted octanol–water partition coefficient (Wildman–Crippen LogP) is -0.106. The molecule has 6 heteroatoms. The third-order valence-electron chi connectivity index (χ3n) is 1.39. The molecule has 0 radical (unpaired) electrons. The van der Waals surface area contributed by atoms with Crippen LogP contribution in [0.4, 0.5) is 0 Å². The van der Waals surface area contributed by atoms with Crippen molar-refractivity contribution < 1.29 is 19.8 Å². The van der Waals surface area contributed by atoms with Crippen LogP contribution in [0.1, 0.15) is 12.8 Å². The Morgan fingerprint density at radius 2 is 2.00 bits per heavy atom. The molecule has 0 heterocycles. The molecule has 1 atom stereocenters. The van der Waals surface area contributed by atoms with E-state index in [2.05, 4.69) is 4.99 Å².